The Bertz CT molecular complexity index is 538. The van der Waals surface area contributed by atoms with Crippen molar-refractivity contribution in [1.82, 2.24) is 30.3 Å². The molecule has 1 atom stereocenters. The van der Waals surface area contributed by atoms with Crippen molar-refractivity contribution in [3.63, 3.8) is 0 Å². The van der Waals surface area contributed by atoms with Crippen LogP contribution in [0.4, 0.5) is 5.82 Å². The van der Waals surface area contributed by atoms with E-state index >= 15 is 0 Å². The third kappa shape index (κ3) is 2.37. The molecule has 1 saturated heterocycles. The van der Waals surface area contributed by atoms with E-state index in [4.69, 9.17) is 0 Å². The number of anilines is 1. The lowest BCUT2D eigenvalue weighted by atomic mass is 10.0. The van der Waals surface area contributed by atoms with Crippen LogP contribution >= 0.6 is 0 Å². The SMILES string of the molecule is CCNCC1CCCCN1c1cncc2nnnn12. The highest BCUT2D eigenvalue weighted by Gasteiger charge is 2.24. The van der Waals surface area contributed by atoms with Gasteiger partial charge >= 0.3 is 0 Å². The van der Waals surface area contributed by atoms with Gasteiger partial charge in [0, 0.05) is 19.1 Å². The number of hydrogen-bond acceptors (Lipinski definition) is 6. The highest BCUT2D eigenvalue weighted by atomic mass is 15.5. The van der Waals surface area contributed by atoms with E-state index in [1.165, 1.54) is 19.3 Å². The van der Waals surface area contributed by atoms with Gasteiger partial charge in [0.05, 0.1) is 12.4 Å². The molecule has 1 aliphatic heterocycles. The number of hydrogen-bond donors (Lipinski definition) is 1. The Kier molecular flexibility index (Phi) is 3.54. The maximum atomic E-state index is 4.25. The third-order valence-electron chi connectivity index (χ3n) is 3.64. The summed E-state index contributed by atoms with van der Waals surface area (Å²) in [4.78, 5) is 6.63. The van der Waals surface area contributed by atoms with Gasteiger partial charge in [0.1, 0.15) is 0 Å². The van der Waals surface area contributed by atoms with E-state index in [2.05, 4.69) is 37.6 Å². The standard InChI is InChI=1S/C12H19N7/c1-2-13-7-10-5-3-4-6-18(10)12-9-14-8-11-15-16-17-19(11)12/h8-10,13H,2-7H2,1H3. The Labute approximate surface area is 112 Å². The van der Waals surface area contributed by atoms with Crippen molar-refractivity contribution in [2.45, 2.75) is 32.2 Å². The van der Waals surface area contributed by atoms with Gasteiger partial charge in [0.15, 0.2) is 11.5 Å². The smallest absolute Gasteiger partial charge is 0.199 e. The molecule has 2 aromatic rings. The lowest BCUT2D eigenvalue weighted by Crippen LogP contribution is -2.46. The summed E-state index contributed by atoms with van der Waals surface area (Å²) in [5, 5.41) is 15.2. The Morgan fingerprint density at radius 3 is 3.21 bits per heavy atom. The Morgan fingerprint density at radius 2 is 2.32 bits per heavy atom. The number of nitrogens with zero attached hydrogens (tertiary/aromatic N) is 6. The second kappa shape index (κ2) is 5.48. The molecule has 0 radical (unpaired) electrons. The normalized spacial score (nSPS) is 20.1. The Balaban J connectivity index is 1.91. The van der Waals surface area contributed by atoms with Crippen LogP contribution in [0.2, 0.25) is 0 Å². The topological polar surface area (TPSA) is 71.2 Å². The lowest BCUT2D eigenvalue weighted by molar-refractivity contribution is 0.433. The Morgan fingerprint density at radius 1 is 1.37 bits per heavy atom. The van der Waals surface area contributed by atoms with Crippen molar-refractivity contribution in [2.24, 2.45) is 0 Å². The summed E-state index contributed by atoms with van der Waals surface area (Å²) in [6, 6.07) is 0.491. The average molecular weight is 261 g/mol. The number of rotatable bonds is 4. The van der Waals surface area contributed by atoms with Crippen LogP contribution in [0.1, 0.15) is 26.2 Å². The van der Waals surface area contributed by atoms with Crippen LogP contribution in [-0.4, -0.2) is 50.7 Å². The molecule has 0 amide bonds. The zero-order valence-electron chi connectivity index (χ0n) is 11.2. The molecule has 19 heavy (non-hydrogen) atoms. The maximum Gasteiger partial charge on any atom is 0.199 e. The number of nitrogens with one attached hydrogen (secondary N) is 1. The first-order valence-corrected chi connectivity index (χ1v) is 6.89. The summed E-state index contributed by atoms with van der Waals surface area (Å²) in [5.74, 6) is 0.991. The molecule has 0 bridgehead atoms. The number of fused-ring (bicyclic) bond motifs is 1. The first kappa shape index (κ1) is 12.3. The predicted molar refractivity (Wildman–Crippen MR) is 72.1 cm³/mol. The van der Waals surface area contributed by atoms with Crippen LogP contribution in [-0.2, 0) is 0 Å². The van der Waals surface area contributed by atoms with E-state index in [9.17, 15) is 0 Å². The van der Waals surface area contributed by atoms with Crippen molar-refractivity contribution >= 4 is 11.5 Å². The second-order valence-electron chi connectivity index (χ2n) is 4.87. The molecule has 1 fully saturated rings. The molecular weight excluding hydrogens is 242 g/mol. The van der Waals surface area contributed by atoms with Crippen LogP contribution < -0.4 is 10.2 Å². The van der Waals surface area contributed by atoms with Gasteiger partial charge in [-0.05, 0) is 36.2 Å². The molecule has 1 unspecified atom stereocenters. The highest BCUT2D eigenvalue weighted by molar-refractivity contribution is 5.47. The number of tetrazole rings is 1. The van der Waals surface area contributed by atoms with Gasteiger partial charge in [-0.2, -0.15) is 4.52 Å². The summed E-state index contributed by atoms with van der Waals surface area (Å²) >= 11 is 0. The molecule has 102 valence electrons. The average Bonchev–Trinajstić information content (AvgIpc) is 2.94. The minimum atomic E-state index is 0.491. The quantitative estimate of drug-likeness (QED) is 0.863. The van der Waals surface area contributed by atoms with Gasteiger partial charge in [-0.3, -0.25) is 4.98 Å². The van der Waals surface area contributed by atoms with Gasteiger partial charge in [0.25, 0.3) is 0 Å². The van der Waals surface area contributed by atoms with Crippen LogP contribution in [0.5, 0.6) is 0 Å². The zero-order valence-corrected chi connectivity index (χ0v) is 11.2. The maximum absolute atomic E-state index is 4.25. The van der Waals surface area contributed by atoms with E-state index in [1.54, 1.807) is 10.7 Å². The number of likely N-dealkylation sites (N-methyl/N-ethyl adjacent to an activating group) is 1. The summed E-state index contributed by atoms with van der Waals surface area (Å²) < 4.78 is 1.78. The monoisotopic (exact) mass is 261 g/mol. The van der Waals surface area contributed by atoms with E-state index < -0.39 is 0 Å². The van der Waals surface area contributed by atoms with E-state index in [1.807, 2.05) is 6.20 Å². The fourth-order valence-corrected chi connectivity index (χ4v) is 2.68. The summed E-state index contributed by atoms with van der Waals surface area (Å²) in [6.07, 6.45) is 7.23. The molecule has 1 N–H and O–H groups in total. The van der Waals surface area contributed by atoms with Crippen molar-refractivity contribution < 1.29 is 0 Å². The molecule has 0 aliphatic carbocycles. The van der Waals surface area contributed by atoms with Gasteiger partial charge < -0.3 is 10.2 Å². The molecule has 3 heterocycles. The van der Waals surface area contributed by atoms with E-state index in [0.29, 0.717) is 11.7 Å². The molecule has 3 rings (SSSR count). The predicted octanol–water partition coefficient (Wildman–Crippen LogP) is 0.488. The van der Waals surface area contributed by atoms with Gasteiger partial charge in [-0.25, -0.2) is 0 Å². The van der Waals surface area contributed by atoms with Crippen molar-refractivity contribution in [1.29, 1.82) is 0 Å². The van der Waals surface area contributed by atoms with Crippen molar-refractivity contribution in [2.75, 3.05) is 24.5 Å². The van der Waals surface area contributed by atoms with Crippen molar-refractivity contribution in [3.05, 3.63) is 12.4 Å². The number of piperidine rings is 1. The highest BCUT2D eigenvalue weighted by Crippen LogP contribution is 2.23. The fraction of sp³-hybridized carbons (Fsp3) is 0.667. The minimum absolute atomic E-state index is 0.491. The first-order valence-electron chi connectivity index (χ1n) is 6.89. The zero-order chi connectivity index (χ0) is 13.1. The van der Waals surface area contributed by atoms with Gasteiger partial charge in [-0.1, -0.05) is 6.92 Å². The molecule has 7 heteroatoms. The first-order chi connectivity index (χ1) is 9.40. The number of aromatic nitrogens is 5. The lowest BCUT2D eigenvalue weighted by Gasteiger charge is -2.37. The molecule has 0 saturated carbocycles. The largest absolute Gasteiger partial charge is 0.351 e. The Hall–Kier alpha value is -1.76. The molecule has 2 aromatic heterocycles. The molecule has 0 spiro atoms. The van der Waals surface area contributed by atoms with Crippen LogP contribution in [0.25, 0.3) is 5.65 Å². The summed E-state index contributed by atoms with van der Waals surface area (Å²) in [7, 11) is 0. The van der Waals surface area contributed by atoms with Crippen molar-refractivity contribution in [3.8, 4) is 0 Å². The summed E-state index contributed by atoms with van der Waals surface area (Å²) in [6.45, 7) is 5.17. The minimum Gasteiger partial charge on any atom is -0.351 e. The molecule has 0 aromatic carbocycles. The van der Waals surface area contributed by atoms with E-state index in [0.717, 1.165) is 25.5 Å². The van der Waals surface area contributed by atoms with E-state index in [-0.39, 0.29) is 0 Å². The van der Waals surface area contributed by atoms with Gasteiger partial charge in [-0.15, -0.1) is 5.10 Å². The summed E-state index contributed by atoms with van der Waals surface area (Å²) in [5.41, 5.74) is 0.699. The molecule has 7 nitrogen and oxygen atoms in total. The van der Waals surface area contributed by atoms with Crippen LogP contribution in [0, 0.1) is 0 Å². The molecular formula is C12H19N7. The van der Waals surface area contributed by atoms with Crippen LogP contribution in [0.15, 0.2) is 12.4 Å². The second-order valence-corrected chi connectivity index (χ2v) is 4.87. The van der Waals surface area contributed by atoms with Crippen LogP contribution in [0.3, 0.4) is 0 Å². The fourth-order valence-electron chi connectivity index (χ4n) is 2.68. The molecule has 1 aliphatic rings. The third-order valence-corrected chi connectivity index (χ3v) is 3.64. The van der Waals surface area contributed by atoms with Gasteiger partial charge in [0.2, 0.25) is 0 Å².